The summed E-state index contributed by atoms with van der Waals surface area (Å²) in [5, 5.41) is 4.70. The zero-order valence-electron chi connectivity index (χ0n) is 14.6. The second kappa shape index (κ2) is 9.09. The summed E-state index contributed by atoms with van der Waals surface area (Å²) >= 11 is 12.1. The van der Waals surface area contributed by atoms with Gasteiger partial charge in [0.1, 0.15) is 12.4 Å². The Balaban J connectivity index is 1.47. The van der Waals surface area contributed by atoms with Crippen molar-refractivity contribution in [3.8, 4) is 5.75 Å². The lowest BCUT2D eigenvalue weighted by atomic mass is 10.1. The molecule has 0 aromatic heterocycles. The van der Waals surface area contributed by atoms with Crippen LogP contribution in [0.2, 0.25) is 10.0 Å². The number of hydrogen-bond donors (Lipinski definition) is 1. The van der Waals surface area contributed by atoms with Crippen molar-refractivity contribution in [1.82, 2.24) is 5.32 Å². The van der Waals surface area contributed by atoms with E-state index in [4.69, 9.17) is 27.9 Å². The first-order valence-electron chi connectivity index (χ1n) is 8.52. The molecule has 0 saturated heterocycles. The first-order valence-corrected chi connectivity index (χ1v) is 9.28. The van der Waals surface area contributed by atoms with Crippen molar-refractivity contribution in [2.75, 3.05) is 0 Å². The average molecular weight is 386 g/mol. The van der Waals surface area contributed by atoms with E-state index in [1.54, 1.807) is 6.07 Å². The summed E-state index contributed by atoms with van der Waals surface area (Å²) in [5.41, 5.74) is 4.70. The van der Waals surface area contributed by atoms with Crippen LogP contribution in [0.5, 0.6) is 5.75 Å². The molecule has 0 atom stereocenters. The SMILES string of the molecule is Cc1ccc(CNCc2ccc(OCc3ccc(Cl)cc3Cl)cc2)cc1. The topological polar surface area (TPSA) is 21.3 Å². The van der Waals surface area contributed by atoms with Gasteiger partial charge in [-0.2, -0.15) is 0 Å². The molecule has 0 unspecified atom stereocenters. The van der Waals surface area contributed by atoms with Gasteiger partial charge in [0.2, 0.25) is 0 Å². The van der Waals surface area contributed by atoms with Gasteiger partial charge in [-0.25, -0.2) is 0 Å². The van der Waals surface area contributed by atoms with Crippen molar-refractivity contribution in [2.45, 2.75) is 26.6 Å². The number of halogens is 2. The van der Waals surface area contributed by atoms with Crippen molar-refractivity contribution in [2.24, 2.45) is 0 Å². The predicted octanol–water partition coefficient (Wildman–Crippen LogP) is 6.17. The van der Waals surface area contributed by atoms with Gasteiger partial charge in [-0.15, -0.1) is 0 Å². The van der Waals surface area contributed by atoms with E-state index < -0.39 is 0 Å². The van der Waals surface area contributed by atoms with Gasteiger partial charge < -0.3 is 10.1 Å². The summed E-state index contributed by atoms with van der Waals surface area (Å²) < 4.78 is 5.80. The van der Waals surface area contributed by atoms with Gasteiger partial charge in [0, 0.05) is 28.7 Å². The zero-order chi connectivity index (χ0) is 18.4. The highest BCUT2D eigenvalue weighted by molar-refractivity contribution is 6.35. The van der Waals surface area contributed by atoms with Crippen LogP contribution >= 0.6 is 23.2 Å². The number of hydrogen-bond acceptors (Lipinski definition) is 2. The molecule has 0 aliphatic rings. The molecule has 3 aromatic carbocycles. The van der Waals surface area contributed by atoms with Crippen LogP contribution < -0.4 is 10.1 Å². The van der Waals surface area contributed by atoms with Gasteiger partial charge in [-0.05, 0) is 42.3 Å². The summed E-state index contributed by atoms with van der Waals surface area (Å²) in [6.07, 6.45) is 0. The average Bonchev–Trinajstić information content (AvgIpc) is 2.64. The van der Waals surface area contributed by atoms with E-state index in [1.807, 2.05) is 24.3 Å². The molecule has 0 aliphatic carbocycles. The summed E-state index contributed by atoms with van der Waals surface area (Å²) in [4.78, 5) is 0. The molecule has 0 saturated carbocycles. The zero-order valence-corrected chi connectivity index (χ0v) is 16.1. The molecule has 4 heteroatoms. The molecule has 0 spiro atoms. The monoisotopic (exact) mass is 385 g/mol. The van der Waals surface area contributed by atoms with Crippen molar-refractivity contribution < 1.29 is 4.74 Å². The number of rotatable bonds is 7. The first-order chi connectivity index (χ1) is 12.6. The molecule has 0 radical (unpaired) electrons. The van der Waals surface area contributed by atoms with E-state index in [1.165, 1.54) is 16.7 Å². The Kier molecular flexibility index (Phi) is 6.56. The van der Waals surface area contributed by atoms with Crippen molar-refractivity contribution >= 4 is 23.2 Å². The second-order valence-electron chi connectivity index (χ2n) is 6.26. The third-order valence-electron chi connectivity index (χ3n) is 4.11. The lowest BCUT2D eigenvalue weighted by molar-refractivity contribution is 0.306. The minimum atomic E-state index is 0.418. The Morgan fingerprint density at radius 1 is 0.808 bits per heavy atom. The van der Waals surface area contributed by atoms with Gasteiger partial charge in [0.25, 0.3) is 0 Å². The molecule has 2 nitrogen and oxygen atoms in total. The molecule has 0 aliphatic heterocycles. The van der Waals surface area contributed by atoms with E-state index in [9.17, 15) is 0 Å². The Hall–Kier alpha value is -2.00. The van der Waals surface area contributed by atoms with Crippen LogP contribution in [0, 0.1) is 6.92 Å². The fourth-order valence-electron chi connectivity index (χ4n) is 2.56. The van der Waals surface area contributed by atoms with Gasteiger partial charge in [-0.3, -0.25) is 0 Å². The van der Waals surface area contributed by atoms with Crippen molar-refractivity contribution in [3.63, 3.8) is 0 Å². The van der Waals surface area contributed by atoms with Crippen LogP contribution in [0.25, 0.3) is 0 Å². The molecular formula is C22H21Cl2NO. The number of benzene rings is 3. The second-order valence-corrected chi connectivity index (χ2v) is 7.10. The van der Waals surface area contributed by atoms with E-state index in [0.717, 1.165) is 24.4 Å². The quantitative estimate of drug-likeness (QED) is 0.524. The maximum Gasteiger partial charge on any atom is 0.119 e. The smallest absolute Gasteiger partial charge is 0.119 e. The Morgan fingerprint density at radius 2 is 1.42 bits per heavy atom. The summed E-state index contributed by atoms with van der Waals surface area (Å²) in [6, 6.07) is 22.1. The Morgan fingerprint density at radius 3 is 2.04 bits per heavy atom. The standard InChI is InChI=1S/C22H21Cl2NO/c1-16-2-4-17(5-3-16)13-25-14-18-6-10-21(11-7-18)26-15-19-8-9-20(23)12-22(19)24/h2-12,25H,13-15H2,1H3. The van der Waals surface area contributed by atoms with Gasteiger partial charge in [0.05, 0.1) is 0 Å². The number of ether oxygens (including phenoxy) is 1. The number of aryl methyl sites for hydroxylation is 1. The van der Waals surface area contributed by atoms with E-state index >= 15 is 0 Å². The molecule has 3 aromatic rings. The molecule has 134 valence electrons. The highest BCUT2D eigenvalue weighted by Gasteiger charge is 2.03. The molecule has 1 N–H and O–H groups in total. The molecule has 0 heterocycles. The molecule has 26 heavy (non-hydrogen) atoms. The summed E-state index contributed by atoms with van der Waals surface area (Å²) in [7, 11) is 0. The Labute approximate surface area is 164 Å². The fourth-order valence-corrected chi connectivity index (χ4v) is 3.02. The van der Waals surface area contributed by atoms with Crippen molar-refractivity contribution in [1.29, 1.82) is 0 Å². The highest BCUT2D eigenvalue weighted by Crippen LogP contribution is 2.23. The van der Waals surface area contributed by atoms with E-state index in [0.29, 0.717) is 16.7 Å². The number of nitrogens with one attached hydrogen (secondary N) is 1. The van der Waals surface area contributed by atoms with Crippen LogP contribution in [0.1, 0.15) is 22.3 Å². The lowest BCUT2D eigenvalue weighted by Crippen LogP contribution is -2.12. The van der Waals surface area contributed by atoms with Crippen LogP contribution in [0.4, 0.5) is 0 Å². The summed E-state index contributed by atoms with van der Waals surface area (Å²) in [6.45, 7) is 4.19. The molecule has 0 fully saturated rings. The van der Waals surface area contributed by atoms with E-state index in [-0.39, 0.29) is 0 Å². The highest BCUT2D eigenvalue weighted by atomic mass is 35.5. The Bertz CT molecular complexity index is 845. The molecule has 0 amide bonds. The normalized spacial score (nSPS) is 10.7. The minimum Gasteiger partial charge on any atom is -0.489 e. The lowest BCUT2D eigenvalue weighted by Gasteiger charge is -2.10. The van der Waals surface area contributed by atoms with E-state index in [2.05, 4.69) is 48.6 Å². The van der Waals surface area contributed by atoms with Crippen LogP contribution in [0.15, 0.2) is 66.7 Å². The summed E-state index contributed by atoms with van der Waals surface area (Å²) in [5.74, 6) is 0.818. The first kappa shape index (κ1) is 18.8. The van der Waals surface area contributed by atoms with Gasteiger partial charge in [0.15, 0.2) is 0 Å². The predicted molar refractivity (Wildman–Crippen MR) is 109 cm³/mol. The minimum absolute atomic E-state index is 0.418. The maximum absolute atomic E-state index is 6.16. The third kappa shape index (κ3) is 5.50. The maximum atomic E-state index is 6.16. The largest absolute Gasteiger partial charge is 0.489 e. The van der Waals surface area contributed by atoms with Gasteiger partial charge >= 0.3 is 0 Å². The molecular weight excluding hydrogens is 365 g/mol. The third-order valence-corrected chi connectivity index (χ3v) is 4.70. The fraction of sp³-hybridized carbons (Fsp3) is 0.182. The van der Waals surface area contributed by atoms with Crippen LogP contribution in [-0.4, -0.2) is 0 Å². The molecule has 0 bridgehead atoms. The van der Waals surface area contributed by atoms with Crippen molar-refractivity contribution in [3.05, 3.63) is 99.0 Å². The molecule has 3 rings (SSSR count). The van der Waals surface area contributed by atoms with Crippen LogP contribution in [-0.2, 0) is 19.7 Å². The van der Waals surface area contributed by atoms with Gasteiger partial charge in [-0.1, -0.05) is 71.2 Å². The van der Waals surface area contributed by atoms with Crippen LogP contribution in [0.3, 0.4) is 0 Å².